The molecule has 2 amide bonds. The summed E-state index contributed by atoms with van der Waals surface area (Å²) in [5.74, 6) is 0.0767. The first-order chi connectivity index (χ1) is 13.9. The monoisotopic (exact) mass is 449 g/mol. The summed E-state index contributed by atoms with van der Waals surface area (Å²) in [4.78, 5) is 15.3. The SMILES string of the molecule is COc1ccc(Cc2ccc(C(C)NC(N)=O)nc2)c(F)c1-c1cccc(Cl)c1.Cl. The maximum Gasteiger partial charge on any atom is 0.312 e. The highest BCUT2D eigenvalue weighted by Gasteiger charge is 2.17. The third-order valence-electron chi connectivity index (χ3n) is 4.56. The lowest BCUT2D eigenvalue weighted by atomic mass is 9.97. The number of amides is 2. The van der Waals surface area contributed by atoms with Crippen molar-refractivity contribution in [2.75, 3.05) is 7.11 Å². The molecular formula is C22H22Cl2FN3O2. The summed E-state index contributed by atoms with van der Waals surface area (Å²) >= 11 is 6.08. The van der Waals surface area contributed by atoms with Crippen LogP contribution < -0.4 is 15.8 Å². The zero-order valence-electron chi connectivity index (χ0n) is 16.5. The van der Waals surface area contributed by atoms with Gasteiger partial charge in [-0.25, -0.2) is 9.18 Å². The Kier molecular flexibility index (Phi) is 8.03. The van der Waals surface area contributed by atoms with E-state index < -0.39 is 6.03 Å². The fourth-order valence-corrected chi connectivity index (χ4v) is 3.32. The van der Waals surface area contributed by atoms with E-state index in [1.165, 1.54) is 7.11 Å². The summed E-state index contributed by atoms with van der Waals surface area (Å²) in [6.07, 6.45) is 2.02. The molecule has 1 unspecified atom stereocenters. The van der Waals surface area contributed by atoms with Crippen molar-refractivity contribution in [3.8, 4) is 16.9 Å². The highest BCUT2D eigenvalue weighted by molar-refractivity contribution is 6.30. The first-order valence-corrected chi connectivity index (χ1v) is 9.39. The number of halogens is 3. The molecule has 0 aliphatic carbocycles. The number of nitrogens with zero attached hydrogens (tertiary/aromatic N) is 1. The third-order valence-corrected chi connectivity index (χ3v) is 4.80. The van der Waals surface area contributed by atoms with E-state index in [0.29, 0.717) is 39.6 Å². The smallest absolute Gasteiger partial charge is 0.312 e. The van der Waals surface area contributed by atoms with Gasteiger partial charge in [-0.3, -0.25) is 4.98 Å². The Hall–Kier alpha value is -2.83. The number of pyridine rings is 1. The van der Waals surface area contributed by atoms with E-state index in [1.54, 1.807) is 55.6 Å². The molecule has 0 aliphatic heterocycles. The standard InChI is InChI=1S/C22H21ClFN3O2.ClH/c1-13(27-22(25)28)18-8-6-14(12-26-18)10-16-7-9-19(29-2)20(21(16)24)15-4-3-5-17(23)11-15;/h3-9,11-13H,10H2,1-2H3,(H3,25,27,28);1H. The normalized spacial score (nSPS) is 11.3. The molecule has 0 fully saturated rings. The van der Waals surface area contributed by atoms with Crippen LogP contribution in [0.25, 0.3) is 11.1 Å². The second-order valence-electron chi connectivity index (χ2n) is 6.62. The second-order valence-corrected chi connectivity index (χ2v) is 7.06. The zero-order valence-corrected chi connectivity index (χ0v) is 18.1. The van der Waals surface area contributed by atoms with Crippen LogP contribution in [-0.4, -0.2) is 18.1 Å². The molecule has 0 spiro atoms. The van der Waals surface area contributed by atoms with Crippen LogP contribution in [0.15, 0.2) is 54.7 Å². The summed E-state index contributed by atoms with van der Waals surface area (Å²) in [5.41, 5.74) is 8.17. The van der Waals surface area contributed by atoms with Crippen molar-refractivity contribution in [3.63, 3.8) is 0 Å². The molecule has 0 aliphatic rings. The molecular weight excluding hydrogens is 428 g/mol. The molecule has 2 aromatic carbocycles. The Morgan fingerprint density at radius 3 is 2.63 bits per heavy atom. The lowest BCUT2D eigenvalue weighted by Crippen LogP contribution is -2.32. The maximum absolute atomic E-state index is 15.4. The van der Waals surface area contributed by atoms with Crippen molar-refractivity contribution in [2.45, 2.75) is 19.4 Å². The van der Waals surface area contributed by atoms with Gasteiger partial charge in [0.05, 0.1) is 24.4 Å². The Bertz CT molecular complexity index is 1030. The minimum absolute atomic E-state index is 0. The fraction of sp³-hybridized carbons (Fsp3) is 0.182. The molecule has 5 nitrogen and oxygen atoms in total. The van der Waals surface area contributed by atoms with Crippen LogP contribution in [0.1, 0.15) is 29.8 Å². The van der Waals surface area contributed by atoms with Crippen molar-refractivity contribution in [2.24, 2.45) is 5.73 Å². The Balaban J connectivity index is 0.00000320. The Morgan fingerprint density at radius 1 is 1.27 bits per heavy atom. The van der Waals surface area contributed by atoms with Gasteiger partial charge in [-0.1, -0.05) is 35.9 Å². The molecule has 1 aromatic heterocycles. The van der Waals surface area contributed by atoms with E-state index >= 15 is 4.39 Å². The van der Waals surface area contributed by atoms with Crippen LogP contribution in [0.5, 0.6) is 5.75 Å². The number of carbonyl (C=O) groups excluding carboxylic acids is 1. The number of methoxy groups -OCH3 is 1. The number of ether oxygens (including phenoxy) is 1. The molecule has 3 N–H and O–H groups in total. The zero-order chi connectivity index (χ0) is 21.0. The molecule has 30 heavy (non-hydrogen) atoms. The molecule has 0 bridgehead atoms. The first kappa shape index (κ1) is 23.4. The number of nitrogens with two attached hydrogens (primary N) is 1. The van der Waals surface area contributed by atoms with Gasteiger partial charge in [-0.05, 0) is 47.9 Å². The van der Waals surface area contributed by atoms with Crippen molar-refractivity contribution >= 4 is 30.0 Å². The lowest BCUT2D eigenvalue weighted by Gasteiger charge is -2.14. The molecule has 3 rings (SSSR count). The summed E-state index contributed by atoms with van der Waals surface area (Å²) in [6.45, 7) is 1.78. The summed E-state index contributed by atoms with van der Waals surface area (Å²) in [5, 5.41) is 3.09. The number of carbonyl (C=O) groups is 1. The summed E-state index contributed by atoms with van der Waals surface area (Å²) < 4.78 is 20.7. The van der Waals surface area contributed by atoms with Crippen molar-refractivity contribution in [1.82, 2.24) is 10.3 Å². The number of primary amides is 1. The van der Waals surface area contributed by atoms with Crippen molar-refractivity contribution < 1.29 is 13.9 Å². The number of nitrogens with one attached hydrogen (secondary N) is 1. The van der Waals surface area contributed by atoms with Gasteiger partial charge < -0.3 is 15.8 Å². The van der Waals surface area contributed by atoms with Gasteiger partial charge in [0, 0.05) is 17.6 Å². The van der Waals surface area contributed by atoms with E-state index in [2.05, 4.69) is 10.3 Å². The third kappa shape index (κ3) is 5.40. The number of benzene rings is 2. The molecule has 0 radical (unpaired) electrons. The predicted octanol–water partition coefficient (Wildman–Crippen LogP) is 5.29. The van der Waals surface area contributed by atoms with Gasteiger partial charge in [-0.2, -0.15) is 0 Å². The molecule has 0 saturated heterocycles. The number of hydrogen-bond acceptors (Lipinski definition) is 3. The largest absolute Gasteiger partial charge is 0.496 e. The molecule has 8 heteroatoms. The summed E-state index contributed by atoms with van der Waals surface area (Å²) in [7, 11) is 1.51. The minimum Gasteiger partial charge on any atom is -0.496 e. The highest BCUT2D eigenvalue weighted by Crippen LogP contribution is 2.36. The molecule has 1 atom stereocenters. The van der Waals surface area contributed by atoms with Crippen LogP contribution >= 0.6 is 24.0 Å². The number of urea groups is 1. The summed E-state index contributed by atoms with van der Waals surface area (Å²) in [6, 6.07) is 13.2. The maximum atomic E-state index is 15.4. The van der Waals surface area contributed by atoms with Gasteiger partial charge in [-0.15, -0.1) is 12.4 Å². The van der Waals surface area contributed by atoms with Crippen molar-refractivity contribution in [3.05, 3.63) is 82.4 Å². The van der Waals surface area contributed by atoms with E-state index in [9.17, 15) is 4.79 Å². The number of rotatable bonds is 6. The lowest BCUT2D eigenvalue weighted by molar-refractivity contribution is 0.246. The van der Waals surface area contributed by atoms with Gasteiger partial charge in [0.15, 0.2) is 0 Å². The Morgan fingerprint density at radius 2 is 2.03 bits per heavy atom. The van der Waals surface area contributed by atoms with Crippen LogP contribution in [0, 0.1) is 5.82 Å². The van der Waals surface area contributed by atoms with E-state index in [0.717, 1.165) is 5.56 Å². The molecule has 0 saturated carbocycles. The van der Waals surface area contributed by atoms with Crippen LogP contribution in [0.3, 0.4) is 0 Å². The fourth-order valence-electron chi connectivity index (χ4n) is 3.12. The average molecular weight is 450 g/mol. The predicted molar refractivity (Wildman–Crippen MR) is 119 cm³/mol. The minimum atomic E-state index is -0.614. The van der Waals surface area contributed by atoms with Crippen LogP contribution in [0.4, 0.5) is 9.18 Å². The second kappa shape index (κ2) is 10.3. The number of hydrogen-bond donors (Lipinski definition) is 2. The van der Waals surface area contributed by atoms with Crippen LogP contribution in [-0.2, 0) is 6.42 Å². The first-order valence-electron chi connectivity index (χ1n) is 9.01. The van der Waals surface area contributed by atoms with E-state index in [4.69, 9.17) is 22.1 Å². The van der Waals surface area contributed by atoms with Gasteiger partial charge in [0.25, 0.3) is 0 Å². The molecule has 3 aromatic rings. The average Bonchev–Trinajstić information content (AvgIpc) is 2.69. The van der Waals surface area contributed by atoms with Gasteiger partial charge >= 0.3 is 6.03 Å². The van der Waals surface area contributed by atoms with E-state index in [1.807, 2.05) is 6.07 Å². The topological polar surface area (TPSA) is 77.2 Å². The van der Waals surface area contributed by atoms with Crippen LogP contribution in [0.2, 0.25) is 5.02 Å². The van der Waals surface area contributed by atoms with Gasteiger partial charge in [0.1, 0.15) is 11.6 Å². The molecule has 158 valence electrons. The molecule has 1 heterocycles. The highest BCUT2D eigenvalue weighted by atomic mass is 35.5. The quantitative estimate of drug-likeness (QED) is 0.536. The van der Waals surface area contributed by atoms with Gasteiger partial charge in [0.2, 0.25) is 0 Å². The number of aromatic nitrogens is 1. The Labute approximate surface area is 185 Å². The van der Waals surface area contributed by atoms with Crippen molar-refractivity contribution in [1.29, 1.82) is 0 Å². The van der Waals surface area contributed by atoms with E-state index in [-0.39, 0.29) is 24.3 Å².